The van der Waals surface area contributed by atoms with Gasteiger partial charge in [0.05, 0.1) is 11.4 Å². The number of carbonyl (C=O) groups is 1. The summed E-state index contributed by atoms with van der Waals surface area (Å²) >= 11 is 0. The molecule has 4 rings (SSSR count). The second-order valence-electron chi connectivity index (χ2n) is 13.6. The molecule has 50 heavy (non-hydrogen) atoms. The van der Waals surface area contributed by atoms with Crippen LogP contribution in [0.15, 0.2) is 97.4 Å². The van der Waals surface area contributed by atoms with Crippen LogP contribution < -0.4 is 16.4 Å². The van der Waals surface area contributed by atoms with Gasteiger partial charge in [0.25, 0.3) is 0 Å². The first-order chi connectivity index (χ1) is 24.3. The third-order valence-electron chi connectivity index (χ3n) is 9.59. The monoisotopic (exact) mass is 698 g/mol. The first kappa shape index (κ1) is 38.9. The van der Waals surface area contributed by atoms with Crippen LogP contribution >= 0.6 is 0 Å². The van der Waals surface area contributed by atoms with E-state index >= 15 is 0 Å². The lowest BCUT2D eigenvalue weighted by Crippen LogP contribution is -2.49. The maximum absolute atomic E-state index is 14.4. The predicted molar refractivity (Wildman–Crippen MR) is 211 cm³/mol. The van der Waals surface area contributed by atoms with Crippen LogP contribution in [0.1, 0.15) is 114 Å². The van der Waals surface area contributed by atoms with Crippen molar-refractivity contribution in [3.8, 4) is 0 Å². The Bertz CT molecular complexity index is 1660. The highest BCUT2D eigenvalue weighted by Gasteiger charge is 2.44. The van der Waals surface area contributed by atoms with Gasteiger partial charge in [0, 0.05) is 25.0 Å². The van der Waals surface area contributed by atoms with Crippen molar-refractivity contribution in [2.45, 2.75) is 108 Å². The van der Waals surface area contributed by atoms with Gasteiger partial charge in [-0.2, -0.15) is 0 Å². The largest absolute Gasteiger partial charge is 0.397 e. The summed E-state index contributed by atoms with van der Waals surface area (Å²) in [4.78, 5) is 12.5. The molecule has 0 spiro atoms. The van der Waals surface area contributed by atoms with Crippen molar-refractivity contribution in [3.05, 3.63) is 108 Å². The highest BCUT2D eigenvalue weighted by Crippen LogP contribution is 2.37. The van der Waals surface area contributed by atoms with E-state index in [2.05, 4.69) is 17.6 Å². The molecule has 1 aliphatic rings. The number of rotatable bonds is 23. The first-order valence-electron chi connectivity index (χ1n) is 18.8. The Morgan fingerprint density at radius 1 is 0.840 bits per heavy atom. The molecule has 2 aromatic carbocycles. The molecule has 0 bridgehead atoms. The molecule has 270 valence electrons. The fourth-order valence-electron chi connectivity index (χ4n) is 6.57. The molecule has 7 nitrogen and oxygen atoms in total. The van der Waals surface area contributed by atoms with E-state index in [0.717, 1.165) is 30.5 Å². The van der Waals surface area contributed by atoms with Crippen molar-refractivity contribution < 1.29 is 13.2 Å². The van der Waals surface area contributed by atoms with E-state index in [0.29, 0.717) is 29.9 Å². The average Bonchev–Trinajstić information content (AvgIpc) is 3.62. The average molecular weight is 699 g/mol. The van der Waals surface area contributed by atoms with Gasteiger partial charge in [0.2, 0.25) is 15.9 Å². The van der Waals surface area contributed by atoms with Gasteiger partial charge >= 0.3 is 0 Å². The van der Waals surface area contributed by atoms with Gasteiger partial charge < -0.3 is 16.4 Å². The van der Waals surface area contributed by atoms with E-state index in [-0.39, 0.29) is 5.91 Å². The van der Waals surface area contributed by atoms with Gasteiger partial charge in [-0.15, -0.1) is 0 Å². The van der Waals surface area contributed by atoms with E-state index in [1.54, 1.807) is 48.8 Å². The van der Waals surface area contributed by atoms with Crippen LogP contribution in [0.5, 0.6) is 0 Å². The van der Waals surface area contributed by atoms with E-state index in [1.807, 2.05) is 48.6 Å². The van der Waals surface area contributed by atoms with Crippen LogP contribution in [0.2, 0.25) is 0 Å². The van der Waals surface area contributed by atoms with Crippen molar-refractivity contribution >= 4 is 39.0 Å². The van der Waals surface area contributed by atoms with Gasteiger partial charge in [-0.25, -0.2) is 8.42 Å². The highest BCUT2D eigenvalue weighted by molar-refractivity contribution is 7.91. The van der Waals surface area contributed by atoms with Crippen LogP contribution in [-0.4, -0.2) is 36.1 Å². The zero-order valence-corrected chi connectivity index (χ0v) is 30.8. The molecule has 0 aliphatic heterocycles. The van der Waals surface area contributed by atoms with E-state index < -0.39 is 14.8 Å². The number of nitrogen functional groups attached to an aromatic ring is 1. The van der Waals surface area contributed by atoms with Crippen LogP contribution in [0.3, 0.4) is 0 Å². The molecule has 8 heteroatoms. The molecule has 0 fully saturated rings. The molecule has 0 saturated heterocycles. The Kier molecular flexibility index (Phi) is 16.1. The molecule has 1 atom stereocenters. The van der Waals surface area contributed by atoms with Crippen LogP contribution in [0, 0.1) is 0 Å². The summed E-state index contributed by atoms with van der Waals surface area (Å²) in [5.41, 5.74) is 9.55. The third-order valence-corrected chi connectivity index (χ3v) is 11.8. The maximum Gasteiger partial charge on any atom is 0.249 e. The zero-order chi connectivity index (χ0) is 35.5. The topological polar surface area (TPSA) is 106 Å². The van der Waals surface area contributed by atoms with Gasteiger partial charge in [0.1, 0.15) is 4.75 Å². The molecule has 1 aliphatic carbocycles. The third kappa shape index (κ3) is 11.9. The number of carbonyl (C=O) groups excluding carboxylic acids is 1. The summed E-state index contributed by atoms with van der Waals surface area (Å²) in [6.45, 7) is 3.35. The minimum Gasteiger partial charge on any atom is -0.397 e. The number of nitrogens with one attached hydrogen (secondary N) is 2. The lowest BCUT2D eigenvalue weighted by atomic mass is 9.89. The predicted octanol–water partition coefficient (Wildman–Crippen LogP) is 9.75. The van der Waals surface area contributed by atoms with Crippen LogP contribution in [-0.2, 0) is 14.8 Å². The highest BCUT2D eigenvalue weighted by atomic mass is 32.2. The van der Waals surface area contributed by atoms with E-state index in [1.165, 1.54) is 87.1 Å². The summed E-state index contributed by atoms with van der Waals surface area (Å²) in [5, 5.41) is 6.27. The summed E-state index contributed by atoms with van der Waals surface area (Å²) < 4.78 is 29.0. The SMILES string of the molecule is CCCCCCCCCCCCCCCCNCC1(S(=O)(=O)n2ccc(C=CC(=O)Nc3ccccc3N)c2)C=CC=C(c2ccccc2)C1. The molecule has 1 heterocycles. The fraction of sp³-hybridized carbons (Fsp3) is 0.452. The Balaban J connectivity index is 1.30. The number of benzene rings is 2. The molecular formula is C42H58N4O3S. The summed E-state index contributed by atoms with van der Waals surface area (Å²) in [6.07, 6.45) is 30.5. The lowest BCUT2D eigenvalue weighted by Gasteiger charge is -2.34. The van der Waals surface area contributed by atoms with Gasteiger partial charge in [0.15, 0.2) is 0 Å². The number of aromatic nitrogens is 1. The zero-order valence-electron chi connectivity index (χ0n) is 30.0. The molecule has 1 unspecified atom stereocenters. The lowest BCUT2D eigenvalue weighted by molar-refractivity contribution is -0.111. The van der Waals surface area contributed by atoms with Crippen molar-refractivity contribution in [3.63, 3.8) is 0 Å². The van der Waals surface area contributed by atoms with E-state index in [9.17, 15) is 13.2 Å². The van der Waals surface area contributed by atoms with Crippen LogP contribution in [0.4, 0.5) is 11.4 Å². The quantitative estimate of drug-likeness (QED) is 0.0520. The molecular weight excluding hydrogens is 641 g/mol. The van der Waals surface area contributed by atoms with Crippen molar-refractivity contribution in [1.82, 2.24) is 9.29 Å². The van der Waals surface area contributed by atoms with E-state index in [4.69, 9.17) is 5.73 Å². The van der Waals surface area contributed by atoms with Gasteiger partial charge in [-0.3, -0.25) is 8.77 Å². The number of para-hydroxylation sites is 2. The number of allylic oxidation sites excluding steroid dienone is 3. The first-order valence-corrected chi connectivity index (χ1v) is 20.2. The number of hydrogen-bond acceptors (Lipinski definition) is 5. The minimum absolute atomic E-state index is 0.304. The second kappa shape index (κ2) is 20.7. The second-order valence-corrected chi connectivity index (χ2v) is 15.8. The number of nitrogens with zero attached hydrogens (tertiary/aromatic N) is 1. The normalized spacial score (nSPS) is 16.1. The molecule has 0 radical (unpaired) electrons. The minimum atomic E-state index is -3.88. The molecule has 1 aromatic heterocycles. The molecule has 3 aromatic rings. The van der Waals surface area contributed by atoms with Crippen molar-refractivity contribution in [2.24, 2.45) is 0 Å². The number of amides is 1. The maximum atomic E-state index is 14.4. The Hall–Kier alpha value is -3.88. The number of unbranched alkanes of at least 4 members (excludes halogenated alkanes) is 13. The summed E-state index contributed by atoms with van der Waals surface area (Å²) in [6, 6.07) is 18.7. The Morgan fingerprint density at radius 2 is 1.46 bits per heavy atom. The smallest absolute Gasteiger partial charge is 0.249 e. The Labute approximate surface area is 301 Å². The fourth-order valence-corrected chi connectivity index (χ4v) is 8.35. The molecule has 4 N–H and O–H groups in total. The number of nitrogens with two attached hydrogens (primary N) is 1. The molecule has 1 amide bonds. The summed E-state index contributed by atoms with van der Waals surface area (Å²) in [7, 11) is -3.88. The van der Waals surface area contributed by atoms with Gasteiger partial charge in [-0.1, -0.05) is 151 Å². The van der Waals surface area contributed by atoms with Crippen molar-refractivity contribution in [2.75, 3.05) is 24.1 Å². The van der Waals surface area contributed by atoms with Crippen molar-refractivity contribution in [1.29, 1.82) is 0 Å². The summed E-state index contributed by atoms with van der Waals surface area (Å²) in [5.74, 6) is -0.351. The number of anilines is 2. The van der Waals surface area contributed by atoms with Gasteiger partial charge in [-0.05, 0) is 60.4 Å². The standard InChI is InChI=1S/C42H58N4O3S/c1-2-3-4-5-6-7-8-9-10-11-12-13-14-20-31-44-35-42(30-21-24-38(33-42)37-22-16-15-17-23-37)50(48,49)46-32-29-36(34-46)27-28-41(47)45-40-26-19-18-25-39(40)43/h15-19,21-30,32,34,44H,2-14,20,31,33,35,43H2,1H3,(H,45,47). The number of hydrogen-bond donors (Lipinski definition) is 3. The molecule has 0 saturated carbocycles. The Morgan fingerprint density at radius 3 is 2.12 bits per heavy atom. The van der Waals surface area contributed by atoms with Crippen LogP contribution in [0.25, 0.3) is 11.6 Å².